The molecule has 1 aromatic rings. The number of nitrogens with two attached hydrogens (primary N) is 1. The van der Waals surface area contributed by atoms with Crippen LogP contribution in [0.4, 0.5) is 0 Å². The van der Waals surface area contributed by atoms with Crippen LogP contribution in [0.1, 0.15) is 24.9 Å². The summed E-state index contributed by atoms with van der Waals surface area (Å²) in [5.74, 6) is 0.0259. The van der Waals surface area contributed by atoms with Crippen LogP contribution in [0.3, 0.4) is 0 Å². The van der Waals surface area contributed by atoms with E-state index >= 15 is 0 Å². The van der Waals surface area contributed by atoms with Gasteiger partial charge in [-0.15, -0.1) is 11.8 Å². The fraction of sp³-hybridized carbons (Fsp3) is 0.500. The molecule has 18 heavy (non-hydrogen) atoms. The van der Waals surface area contributed by atoms with Crippen LogP contribution >= 0.6 is 11.8 Å². The second-order valence-corrected chi connectivity index (χ2v) is 6.78. The van der Waals surface area contributed by atoms with Crippen molar-refractivity contribution in [2.75, 3.05) is 18.6 Å². The highest BCUT2D eigenvalue weighted by molar-refractivity contribution is 7.98. The Morgan fingerprint density at radius 3 is 2.44 bits per heavy atom. The molecule has 1 atom stereocenters. The minimum atomic E-state index is -3.34. The molecule has 0 saturated carbocycles. The van der Waals surface area contributed by atoms with Gasteiger partial charge in [-0.1, -0.05) is 12.1 Å². The van der Waals surface area contributed by atoms with E-state index in [1.54, 1.807) is 11.8 Å². The van der Waals surface area contributed by atoms with Crippen LogP contribution in [-0.2, 0) is 10.0 Å². The number of hydrogen-bond donors (Lipinski definition) is 2. The van der Waals surface area contributed by atoms with E-state index in [0.29, 0.717) is 13.0 Å². The molecule has 1 unspecified atom stereocenters. The summed E-state index contributed by atoms with van der Waals surface area (Å²) in [7, 11) is -3.34. The van der Waals surface area contributed by atoms with Gasteiger partial charge in [-0.25, -0.2) is 13.6 Å². The van der Waals surface area contributed by atoms with Crippen LogP contribution in [-0.4, -0.2) is 27.0 Å². The van der Waals surface area contributed by atoms with Gasteiger partial charge in [-0.3, -0.25) is 0 Å². The van der Waals surface area contributed by atoms with Gasteiger partial charge in [-0.2, -0.15) is 0 Å². The third-order valence-corrected chi connectivity index (χ3v) is 4.27. The lowest BCUT2D eigenvalue weighted by Gasteiger charge is -2.14. The van der Waals surface area contributed by atoms with Crippen molar-refractivity contribution in [3.63, 3.8) is 0 Å². The van der Waals surface area contributed by atoms with Gasteiger partial charge in [0.2, 0.25) is 10.0 Å². The molecule has 0 aliphatic heterocycles. The predicted molar refractivity (Wildman–Crippen MR) is 77.2 cm³/mol. The number of primary sulfonamides is 1. The summed E-state index contributed by atoms with van der Waals surface area (Å²) in [6, 6.07) is 8.55. The number of rotatable bonds is 7. The van der Waals surface area contributed by atoms with E-state index in [-0.39, 0.29) is 11.8 Å². The van der Waals surface area contributed by atoms with E-state index in [4.69, 9.17) is 5.14 Å². The monoisotopic (exact) mass is 288 g/mol. The Kier molecular flexibility index (Phi) is 6.14. The molecule has 4 nitrogen and oxygen atoms in total. The van der Waals surface area contributed by atoms with E-state index in [9.17, 15) is 8.42 Å². The smallest absolute Gasteiger partial charge is 0.209 e. The van der Waals surface area contributed by atoms with Crippen molar-refractivity contribution in [1.82, 2.24) is 5.32 Å². The second-order valence-electron chi connectivity index (χ2n) is 4.17. The van der Waals surface area contributed by atoms with Gasteiger partial charge in [0.1, 0.15) is 0 Å². The Balaban J connectivity index is 2.38. The lowest BCUT2D eigenvalue weighted by atomic mass is 10.1. The Bertz CT molecular complexity index is 457. The summed E-state index contributed by atoms with van der Waals surface area (Å²) < 4.78 is 21.5. The topological polar surface area (TPSA) is 72.2 Å². The molecule has 0 bridgehead atoms. The summed E-state index contributed by atoms with van der Waals surface area (Å²) >= 11 is 1.71. The molecule has 6 heteroatoms. The van der Waals surface area contributed by atoms with Crippen molar-refractivity contribution in [2.45, 2.75) is 24.3 Å². The van der Waals surface area contributed by atoms with Gasteiger partial charge in [0.15, 0.2) is 0 Å². The van der Waals surface area contributed by atoms with Gasteiger partial charge < -0.3 is 5.32 Å². The zero-order chi connectivity index (χ0) is 13.6. The van der Waals surface area contributed by atoms with E-state index in [1.807, 2.05) is 6.26 Å². The normalized spacial score (nSPS) is 13.5. The maximum atomic E-state index is 10.8. The average molecular weight is 288 g/mol. The average Bonchev–Trinajstić information content (AvgIpc) is 2.33. The van der Waals surface area contributed by atoms with Crippen LogP contribution in [0.5, 0.6) is 0 Å². The van der Waals surface area contributed by atoms with Gasteiger partial charge in [0.25, 0.3) is 0 Å². The largest absolute Gasteiger partial charge is 0.310 e. The van der Waals surface area contributed by atoms with Gasteiger partial charge >= 0.3 is 0 Å². The zero-order valence-electron chi connectivity index (χ0n) is 10.7. The summed E-state index contributed by atoms with van der Waals surface area (Å²) in [4.78, 5) is 1.24. The number of hydrogen-bond acceptors (Lipinski definition) is 4. The molecule has 0 heterocycles. The summed E-state index contributed by atoms with van der Waals surface area (Å²) in [5.41, 5.74) is 1.20. The predicted octanol–water partition coefficient (Wildman–Crippen LogP) is 1.74. The van der Waals surface area contributed by atoms with Gasteiger partial charge in [0, 0.05) is 10.9 Å². The van der Waals surface area contributed by atoms with Crippen LogP contribution in [0.2, 0.25) is 0 Å². The molecule has 3 N–H and O–H groups in total. The highest BCUT2D eigenvalue weighted by Crippen LogP contribution is 2.18. The maximum absolute atomic E-state index is 10.8. The summed E-state index contributed by atoms with van der Waals surface area (Å²) in [6.45, 7) is 2.70. The molecule has 0 saturated heterocycles. The van der Waals surface area contributed by atoms with E-state index in [0.717, 1.165) is 0 Å². The SMILES string of the molecule is CSc1ccc(C(C)NCCCS(N)(=O)=O)cc1. The number of benzene rings is 1. The molecule has 0 radical (unpaired) electrons. The number of nitrogens with one attached hydrogen (secondary N) is 1. The molecule has 0 aromatic heterocycles. The van der Waals surface area contributed by atoms with Crippen molar-refractivity contribution < 1.29 is 8.42 Å². The standard InChI is InChI=1S/C12H20N2O2S2/c1-10(14-8-3-9-18(13,15)16)11-4-6-12(17-2)7-5-11/h4-7,10,14H,3,8-9H2,1-2H3,(H2,13,15,16). The molecular weight excluding hydrogens is 268 g/mol. The lowest BCUT2D eigenvalue weighted by Crippen LogP contribution is -2.24. The van der Waals surface area contributed by atoms with Crippen molar-refractivity contribution >= 4 is 21.8 Å². The third-order valence-electron chi connectivity index (χ3n) is 2.67. The first-order valence-corrected chi connectivity index (χ1v) is 8.74. The molecule has 0 aliphatic rings. The highest BCUT2D eigenvalue weighted by Gasteiger charge is 2.06. The van der Waals surface area contributed by atoms with Crippen LogP contribution in [0.15, 0.2) is 29.2 Å². The number of sulfonamides is 1. The van der Waals surface area contributed by atoms with Crippen molar-refractivity contribution in [3.8, 4) is 0 Å². The molecule has 0 amide bonds. The van der Waals surface area contributed by atoms with Gasteiger partial charge in [-0.05, 0) is 43.8 Å². The quantitative estimate of drug-likeness (QED) is 0.592. The fourth-order valence-corrected chi connectivity index (χ4v) is 2.56. The van der Waals surface area contributed by atoms with Crippen molar-refractivity contribution in [1.29, 1.82) is 0 Å². The molecule has 102 valence electrons. The molecule has 0 spiro atoms. The van der Waals surface area contributed by atoms with E-state index < -0.39 is 10.0 Å². The first-order chi connectivity index (χ1) is 8.42. The maximum Gasteiger partial charge on any atom is 0.209 e. The molecular formula is C12H20N2O2S2. The van der Waals surface area contributed by atoms with Crippen LogP contribution in [0, 0.1) is 0 Å². The summed E-state index contributed by atoms with van der Waals surface area (Å²) in [6.07, 6.45) is 2.58. The van der Waals surface area contributed by atoms with E-state index in [2.05, 4.69) is 36.5 Å². The van der Waals surface area contributed by atoms with Crippen LogP contribution in [0.25, 0.3) is 0 Å². The molecule has 0 aliphatic carbocycles. The summed E-state index contributed by atoms with van der Waals surface area (Å²) in [5, 5.41) is 8.22. The van der Waals surface area contributed by atoms with E-state index in [1.165, 1.54) is 10.5 Å². The highest BCUT2D eigenvalue weighted by atomic mass is 32.2. The molecule has 1 rings (SSSR count). The Hall–Kier alpha value is -0.560. The minimum absolute atomic E-state index is 0.0259. The lowest BCUT2D eigenvalue weighted by molar-refractivity contribution is 0.560. The Morgan fingerprint density at radius 2 is 1.94 bits per heavy atom. The van der Waals surface area contributed by atoms with Crippen molar-refractivity contribution in [2.24, 2.45) is 5.14 Å². The third kappa shape index (κ3) is 5.86. The van der Waals surface area contributed by atoms with Crippen LogP contribution < -0.4 is 10.5 Å². The number of thioether (sulfide) groups is 1. The Labute approximate surface area is 113 Å². The van der Waals surface area contributed by atoms with Crippen molar-refractivity contribution in [3.05, 3.63) is 29.8 Å². The van der Waals surface area contributed by atoms with Gasteiger partial charge in [0.05, 0.1) is 5.75 Å². The Morgan fingerprint density at radius 1 is 1.33 bits per heavy atom. The first kappa shape index (κ1) is 15.5. The fourth-order valence-electron chi connectivity index (χ4n) is 1.60. The molecule has 1 aromatic carbocycles. The second kappa shape index (κ2) is 7.13. The molecule has 0 fully saturated rings. The first-order valence-electron chi connectivity index (χ1n) is 5.80. The zero-order valence-corrected chi connectivity index (χ0v) is 12.4. The minimum Gasteiger partial charge on any atom is -0.310 e.